The summed E-state index contributed by atoms with van der Waals surface area (Å²) < 4.78 is 0.822. The molecule has 0 radical (unpaired) electrons. The fraction of sp³-hybridized carbons (Fsp3) is 0.214. The third-order valence-electron chi connectivity index (χ3n) is 2.56. The smallest absolute Gasteiger partial charge is 0.275 e. The first-order chi connectivity index (χ1) is 9.70. The molecule has 1 heterocycles. The Morgan fingerprint density at radius 2 is 2.05 bits per heavy atom. The van der Waals surface area contributed by atoms with Gasteiger partial charge in [-0.2, -0.15) is 0 Å². The highest BCUT2D eigenvalue weighted by molar-refractivity contribution is 9.10. The molecule has 0 unspecified atom stereocenters. The molecule has 1 amide bonds. The van der Waals surface area contributed by atoms with Crippen LogP contribution in [0.4, 0.5) is 11.5 Å². The molecule has 2 rings (SSSR count). The van der Waals surface area contributed by atoms with Gasteiger partial charge in [0.05, 0.1) is 18.1 Å². The number of rotatable bonds is 5. The van der Waals surface area contributed by atoms with Crippen LogP contribution >= 0.6 is 15.9 Å². The number of carbonyl (C=O) groups excluding carboxylic acids is 1. The number of aromatic nitrogens is 2. The van der Waals surface area contributed by atoms with Crippen molar-refractivity contribution in [1.29, 1.82) is 0 Å². The van der Waals surface area contributed by atoms with Crippen molar-refractivity contribution in [2.24, 2.45) is 0 Å². The number of para-hydroxylation sites is 1. The second-order valence-corrected chi connectivity index (χ2v) is 5.00. The van der Waals surface area contributed by atoms with E-state index in [9.17, 15) is 4.79 Å². The van der Waals surface area contributed by atoms with Crippen molar-refractivity contribution in [2.45, 2.75) is 13.3 Å². The second-order valence-electron chi connectivity index (χ2n) is 4.15. The minimum atomic E-state index is -0.286. The van der Waals surface area contributed by atoms with E-state index >= 15 is 0 Å². The lowest BCUT2D eigenvalue weighted by Gasteiger charge is -2.07. The van der Waals surface area contributed by atoms with Gasteiger partial charge in [0, 0.05) is 11.0 Å². The maximum atomic E-state index is 12.0. The Labute approximate surface area is 126 Å². The van der Waals surface area contributed by atoms with Crippen LogP contribution in [0.25, 0.3) is 0 Å². The summed E-state index contributed by atoms with van der Waals surface area (Å²) in [7, 11) is 0. The molecule has 0 spiro atoms. The highest BCUT2D eigenvalue weighted by Crippen LogP contribution is 2.21. The maximum Gasteiger partial charge on any atom is 0.275 e. The van der Waals surface area contributed by atoms with Crippen LogP contribution in [-0.4, -0.2) is 22.4 Å². The van der Waals surface area contributed by atoms with Gasteiger partial charge in [-0.1, -0.05) is 19.1 Å². The van der Waals surface area contributed by atoms with Gasteiger partial charge in [0.1, 0.15) is 11.5 Å². The van der Waals surface area contributed by atoms with E-state index in [1.165, 1.54) is 6.20 Å². The van der Waals surface area contributed by atoms with Crippen molar-refractivity contribution in [1.82, 2.24) is 9.97 Å². The standard InChI is InChI=1S/C14H15BrN4O/c1-2-7-16-13-9-17-12(8-18-13)14(20)19-11-6-4-3-5-10(11)15/h3-6,8-9H,2,7H2,1H3,(H,16,18)(H,19,20). The van der Waals surface area contributed by atoms with E-state index < -0.39 is 0 Å². The monoisotopic (exact) mass is 334 g/mol. The molecule has 1 aromatic heterocycles. The normalized spacial score (nSPS) is 10.1. The molecule has 0 aliphatic heterocycles. The highest BCUT2D eigenvalue weighted by atomic mass is 79.9. The fourth-order valence-corrected chi connectivity index (χ4v) is 1.92. The molecule has 0 aliphatic rings. The Morgan fingerprint density at radius 3 is 2.70 bits per heavy atom. The van der Waals surface area contributed by atoms with Crippen molar-refractivity contribution in [3.63, 3.8) is 0 Å². The number of benzene rings is 1. The fourth-order valence-electron chi connectivity index (χ4n) is 1.54. The molecule has 6 heteroatoms. The highest BCUT2D eigenvalue weighted by Gasteiger charge is 2.09. The maximum absolute atomic E-state index is 12.0. The minimum Gasteiger partial charge on any atom is -0.369 e. The van der Waals surface area contributed by atoms with E-state index in [4.69, 9.17) is 0 Å². The van der Waals surface area contributed by atoms with Gasteiger partial charge in [-0.3, -0.25) is 4.79 Å². The van der Waals surface area contributed by atoms with Gasteiger partial charge in [0.2, 0.25) is 0 Å². The van der Waals surface area contributed by atoms with Crippen LogP contribution in [0.1, 0.15) is 23.8 Å². The molecular weight excluding hydrogens is 320 g/mol. The molecule has 0 saturated carbocycles. The number of hydrogen-bond acceptors (Lipinski definition) is 4. The lowest BCUT2D eigenvalue weighted by molar-refractivity contribution is 0.102. The first-order valence-corrected chi connectivity index (χ1v) is 7.12. The largest absolute Gasteiger partial charge is 0.369 e. The summed E-state index contributed by atoms with van der Waals surface area (Å²) in [6.45, 7) is 2.90. The second kappa shape index (κ2) is 7.00. The van der Waals surface area contributed by atoms with E-state index in [1.807, 2.05) is 24.3 Å². The van der Waals surface area contributed by atoms with Crippen LogP contribution in [0.2, 0.25) is 0 Å². The van der Waals surface area contributed by atoms with E-state index in [-0.39, 0.29) is 11.6 Å². The number of amides is 1. The molecule has 104 valence electrons. The van der Waals surface area contributed by atoms with Gasteiger partial charge in [-0.15, -0.1) is 0 Å². The molecule has 0 fully saturated rings. The molecule has 0 bridgehead atoms. The van der Waals surface area contributed by atoms with Gasteiger partial charge in [-0.05, 0) is 34.5 Å². The number of nitrogens with zero attached hydrogens (tertiary/aromatic N) is 2. The Morgan fingerprint density at radius 1 is 1.25 bits per heavy atom. The number of nitrogens with one attached hydrogen (secondary N) is 2. The third kappa shape index (κ3) is 3.77. The van der Waals surface area contributed by atoms with Crippen molar-refractivity contribution >= 4 is 33.3 Å². The van der Waals surface area contributed by atoms with Crippen LogP contribution in [0.15, 0.2) is 41.1 Å². The summed E-state index contributed by atoms with van der Waals surface area (Å²) in [6.07, 6.45) is 4.03. The quantitative estimate of drug-likeness (QED) is 0.880. The van der Waals surface area contributed by atoms with Crippen LogP contribution in [0, 0.1) is 0 Å². The van der Waals surface area contributed by atoms with Crippen LogP contribution in [0.3, 0.4) is 0 Å². The van der Waals surface area contributed by atoms with Gasteiger partial charge in [0.25, 0.3) is 5.91 Å². The predicted molar refractivity (Wildman–Crippen MR) is 82.9 cm³/mol. The predicted octanol–water partition coefficient (Wildman–Crippen LogP) is 3.31. The number of halogens is 1. The molecule has 5 nitrogen and oxygen atoms in total. The number of anilines is 2. The SMILES string of the molecule is CCCNc1cnc(C(=O)Nc2ccccc2Br)cn1. The molecular formula is C14H15BrN4O. The number of carbonyl (C=O) groups is 1. The first-order valence-electron chi connectivity index (χ1n) is 6.32. The third-order valence-corrected chi connectivity index (χ3v) is 3.25. The van der Waals surface area contributed by atoms with E-state index in [1.54, 1.807) is 6.20 Å². The molecule has 0 saturated heterocycles. The lowest BCUT2D eigenvalue weighted by Crippen LogP contribution is -2.15. The summed E-state index contributed by atoms with van der Waals surface area (Å²) in [4.78, 5) is 20.3. The molecule has 20 heavy (non-hydrogen) atoms. The van der Waals surface area contributed by atoms with Crippen LogP contribution in [0.5, 0.6) is 0 Å². The molecule has 1 aromatic carbocycles. The minimum absolute atomic E-state index is 0.280. The zero-order valence-corrected chi connectivity index (χ0v) is 12.6. The first kappa shape index (κ1) is 14.5. The van der Waals surface area contributed by atoms with Crippen LogP contribution in [-0.2, 0) is 0 Å². The molecule has 0 atom stereocenters. The lowest BCUT2D eigenvalue weighted by atomic mass is 10.3. The average Bonchev–Trinajstić information content (AvgIpc) is 2.48. The van der Waals surface area contributed by atoms with E-state index in [0.717, 1.165) is 17.4 Å². The van der Waals surface area contributed by atoms with E-state index in [2.05, 4.69) is 43.5 Å². The molecule has 0 aliphatic carbocycles. The van der Waals surface area contributed by atoms with Gasteiger partial charge < -0.3 is 10.6 Å². The van der Waals surface area contributed by atoms with Crippen molar-refractivity contribution in [2.75, 3.05) is 17.2 Å². The molecule has 2 aromatic rings. The topological polar surface area (TPSA) is 66.9 Å². The Balaban J connectivity index is 2.04. The van der Waals surface area contributed by atoms with Crippen molar-refractivity contribution < 1.29 is 4.79 Å². The van der Waals surface area contributed by atoms with Gasteiger partial charge in [-0.25, -0.2) is 9.97 Å². The Bertz CT molecular complexity index is 586. The van der Waals surface area contributed by atoms with Crippen LogP contribution < -0.4 is 10.6 Å². The van der Waals surface area contributed by atoms with Gasteiger partial charge >= 0.3 is 0 Å². The van der Waals surface area contributed by atoms with Gasteiger partial charge in [0.15, 0.2) is 0 Å². The summed E-state index contributed by atoms with van der Waals surface area (Å²) in [5.41, 5.74) is 0.982. The van der Waals surface area contributed by atoms with E-state index in [0.29, 0.717) is 11.5 Å². The Hall–Kier alpha value is -1.95. The zero-order chi connectivity index (χ0) is 14.4. The summed E-state index contributed by atoms with van der Waals surface area (Å²) in [5, 5.41) is 5.89. The summed E-state index contributed by atoms with van der Waals surface area (Å²) >= 11 is 3.38. The van der Waals surface area contributed by atoms with Crippen molar-refractivity contribution in [3.8, 4) is 0 Å². The summed E-state index contributed by atoms with van der Waals surface area (Å²) in [6, 6.07) is 7.41. The summed E-state index contributed by atoms with van der Waals surface area (Å²) in [5.74, 6) is 0.385. The van der Waals surface area contributed by atoms with Crippen molar-refractivity contribution in [3.05, 3.63) is 46.8 Å². The zero-order valence-electron chi connectivity index (χ0n) is 11.1. The average molecular weight is 335 g/mol. The Kier molecular flexibility index (Phi) is 5.06. The number of hydrogen-bond donors (Lipinski definition) is 2. The molecule has 2 N–H and O–H groups in total.